The van der Waals surface area contributed by atoms with Crippen LogP contribution in [0.5, 0.6) is 0 Å². The molecule has 0 aliphatic carbocycles. The van der Waals surface area contributed by atoms with Gasteiger partial charge in [-0.2, -0.15) is 0 Å². The van der Waals surface area contributed by atoms with E-state index in [-0.39, 0.29) is 12.4 Å². The number of benzene rings is 1. The predicted molar refractivity (Wildman–Crippen MR) is 69.2 cm³/mol. The summed E-state index contributed by atoms with van der Waals surface area (Å²) in [5.74, 6) is 0. The van der Waals surface area contributed by atoms with Crippen LogP contribution < -0.4 is 10.6 Å². The first kappa shape index (κ1) is 11.5. The molecule has 1 aliphatic rings. The van der Waals surface area contributed by atoms with E-state index in [1.54, 1.807) is 0 Å². The summed E-state index contributed by atoms with van der Waals surface area (Å²) in [7, 11) is 0. The third-order valence-electron chi connectivity index (χ3n) is 3.02. The second-order valence-electron chi connectivity index (χ2n) is 4.04. The van der Waals surface area contributed by atoms with Crippen LogP contribution >= 0.6 is 12.4 Å². The summed E-state index contributed by atoms with van der Waals surface area (Å²) in [4.78, 5) is 3.21. The number of halogens is 1. The fourth-order valence-corrected chi connectivity index (χ4v) is 2.18. The Balaban J connectivity index is 0.000000963. The first-order chi connectivity index (χ1) is 7.43. The molecule has 1 fully saturated rings. The maximum absolute atomic E-state index is 3.52. The molecule has 4 heteroatoms. The molecule has 0 bridgehead atoms. The lowest BCUT2D eigenvalue weighted by molar-refractivity contribution is 0.430. The monoisotopic (exact) mass is 237 g/mol. The van der Waals surface area contributed by atoms with Crippen molar-refractivity contribution in [3.8, 4) is 0 Å². The minimum absolute atomic E-state index is 0. The molecule has 0 spiro atoms. The molecule has 0 saturated carbocycles. The Labute approximate surface area is 101 Å². The molecular weight excluding hydrogens is 222 g/mol. The summed E-state index contributed by atoms with van der Waals surface area (Å²) in [6, 6.07) is 9.19. The predicted octanol–water partition coefficient (Wildman–Crippen LogP) is 1.82. The van der Waals surface area contributed by atoms with Gasteiger partial charge in [-0.05, 0) is 29.1 Å². The van der Waals surface area contributed by atoms with Crippen molar-refractivity contribution in [3.05, 3.63) is 36.0 Å². The minimum Gasteiger partial charge on any atom is -0.361 e. The van der Waals surface area contributed by atoms with Crippen LogP contribution in [0.3, 0.4) is 0 Å². The van der Waals surface area contributed by atoms with E-state index in [4.69, 9.17) is 0 Å². The molecule has 0 radical (unpaired) electrons. The van der Waals surface area contributed by atoms with Crippen molar-refractivity contribution < 1.29 is 0 Å². The van der Waals surface area contributed by atoms with Crippen LogP contribution in [-0.2, 0) is 0 Å². The summed E-state index contributed by atoms with van der Waals surface area (Å²) in [6.45, 7) is 3.15. The third kappa shape index (κ3) is 2.07. The van der Waals surface area contributed by atoms with E-state index in [0.29, 0.717) is 6.04 Å². The smallest absolute Gasteiger partial charge is 0.0454 e. The van der Waals surface area contributed by atoms with E-state index in [1.165, 1.54) is 16.5 Å². The summed E-state index contributed by atoms with van der Waals surface area (Å²) in [5, 5.41) is 8.22. The van der Waals surface area contributed by atoms with Gasteiger partial charge in [0.05, 0.1) is 0 Å². The van der Waals surface area contributed by atoms with Gasteiger partial charge in [-0.3, -0.25) is 0 Å². The second kappa shape index (κ2) is 4.87. The number of piperazine rings is 1. The van der Waals surface area contributed by atoms with Crippen LogP contribution in [0.1, 0.15) is 11.6 Å². The van der Waals surface area contributed by atoms with Crippen LogP contribution in [0.25, 0.3) is 10.9 Å². The number of hydrogen-bond donors (Lipinski definition) is 3. The summed E-state index contributed by atoms with van der Waals surface area (Å²) < 4.78 is 0. The Hall–Kier alpha value is -1.03. The molecule has 0 amide bonds. The Morgan fingerprint density at radius 3 is 2.88 bits per heavy atom. The van der Waals surface area contributed by atoms with Gasteiger partial charge >= 0.3 is 0 Å². The van der Waals surface area contributed by atoms with Crippen molar-refractivity contribution in [1.29, 1.82) is 0 Å². The van der Waals surface area contributed by atoms with E-state index in [9.17, 15) is 0 Å². The molecule has 0 unspecified atom stereocenters. The largest absolute Gasteiger partial charge is 0.361 e. The molecule has 1 atom stereocenters. The lowest BCUT2D eigenvalue weighted by Gasteiger charge is -2.24. The number of H-pyrrole nitrogens is 1. The van der Waals surface area contributed by atoms with Crippen molar-refractivity contribution in [2.24, 2.45) is 0 Å². The Morgan fingerprint density at radius 1 is 1.12 bits per heavy atom. The number of hydrogen-bond acceptors (Lipinski definition) is 2. The minimum atomic E-state index is 0. The van der Waals surface area contributed by atoms with Gasteiger partial charge in [0.15, 0.2) is 0 Å². The number of fused-ring (bicyclic) bond motifs is 1. The van der Waals surface area contributed by atoms with Gasteiger partial charge < -0.3 is 15.6 Å². The van der Waals surface area contributed by atoms with E-state index in [0.717, 1.165) is 19.6 Å². The van der Waals surface area contributed by atoms with E-state index >= 15 is 0 Å². The van der Waals surface area contributed by atoms with Crippen LogP contribution in [0, 0.1) is 0 Å². The molecule has 1 saturated heterocycles. The zero-order chi connectivity index (χ0) is 10.1. The molecular formula is C12H16ClN3. The van der Waals surface area contributed by atoms with E-state index < -0.39 is 0 Å². The molecule has 3 nitrogen and oxygen atoms in total. The zero-order valence-corrected chi connectivity index (χ0v) is 9.81. The maximum atomic E-state index is 3.52. The molecule has 3 N–H and O–H groups in total. The van der Waals surface area contributed by atoms with Crippen molar-refractivity contribution >= 4 is 23.3 Å². The lowest BCUT2D eigenvalue weighted by atomic mass is 10.0. The second-order valence-corrected chi connectivity index (χ2v) is 4.04. The zero-order valence-electron chi connectivity index (χ0n) is 8.99. The summed E-state index contributed by atoms with van der Waals surface area (Å²) in [6.07, 6.45) is 1.99. The first-order valence-electron chi connectivity index (χ1n) is 5.44. The SMILES string of the molecule is Cl.c1cc2cc([C@@H]3CNCCN3)ccc2[nH]1. The summed E-state index contributed by atoms with van der Waals surface area (Å²) >= 11 is 0. The van der Waals surface area contributed by atoms with Crippen molar-refractivity contribution in [3.63, 3.8) is 0 Å². The van der Waals surface area contributed by atoms with Crippen LogP contribution in [0.4, 0.5) is 0 Å². The number of rotatable bonds is 1. The Kier molecular flexibility index (Phi) is 3.49. The van der Waals surface area contributed by atoms with E-state index in [2.05, 4.69) is 39.9 Å². The van der Waals surface area contributed by atoms with E-state index in [1.807, 2.05) is 6.20 Å². The van der Waals surface area contributed by atoms with Gasteiger partial charge in [-0.1, -0.05) is 6.07 Å². The standard InChI is InChI=1S/C12H15N3.ClH/c1-2-11-10(3-4-14-11)7-9(1)12-8-13-5-6-15-12;/h1-4,7,12-15H,5-6,8H2;1H/t12-;/m0./s1. The molecule has 1 aliphatic heterocycles. The molecule has 16 heavy (non-hydrogen) atoms. The number of aromatic amines is 1. The van der Waals surface area contributed by atoms with Gasteiger partial charge in [-0.15, -0.1) is 12.4 Å². The molecule has 2 aromatic rings. The fraction of sp³-hybridized carbons (Fsp3) is 0.333. The van der Waals surface area contributed by atoms with Gasteiger partial charge in [-0.25, -0.2) is 0 Å². The first-order valence-corrected chi connectivity index (χ1v) is 5.44. The highest BCUT2D eigenvalue weighted by Gasteiger charge is 2.14. The molecule has 2 heterocycles. The van der Waals surface area contributed by atoms with Crippen LogP contribution in [0.15, 0.2) is 30.5 Å². The van der Waals surface area contributed by atoms with Crippen LogP contribution in [-0.4, -0.2) is 24.6 Å². The van der Waals surface area contributed by atoms with Gasteiger partial charge in [0.2, 0.25) is 0 Å². The average Bonchev–Trinajstić information content (AvgIpc) is 2.77. The quantitative estimate of drug-likeness (QED) is 0.708. The summed E-state index contributed by atoms with van der Waals surface area (Å²) in [5.41, 5.74) is 2.58. The van der Waals surface area contributed by atoms with Gasteiger partial charge in [0.25, 0.3) is 0 Å². The van der Waals surface area contributed by atoms with Crippen molar-refractivity contribution in [1.82, 2.24) is 15.6 Å². The molecule has 1 aromatic carbocycles. The van der Waals surface area contributed by atoms with Crippen molar-refractivity contribution in [2.75, 3.05) is 19.6 Å². The number of nitrogens with one attached hydrogen (secondary N) is 3. The molecule has 86 valence electrons. The topological polar surface area (TPSA) is 39.8 Å². The normalized spacial score (nSPS) is 20.6. The Morgan fingerprint density at radius 2 is 2.06 bits per heavy atom. The highest BCUT2D eigenvalue weighted by molar-refractivity contribution is 5.85. The van der Waals surface area contributed by atoms with Crippen LogP contribution in [0.2, 0.25) is 0 Å². The third-order valence-corrected chi connectivity index (χ3v) is 3.02. The van der Waals surface area contributed by atoms with Gasteiger partial charge in [0.1, 0.15) is 0 Å². The maximum Gasteiger partial charge on any atom is 0.0454 e. The molecule has 3 rings (SSSR count). The highest BCUT2D eigenvalue weighted by atomic mass is 35.5. The average molecular weight is 238 g/mol. The fourth-order valence-electron chi connectivity index (χ4n) is 2.18. The van der Waals surface area contributed by atoms with Gasteiger partial charge in [0, 0.05) is 37.4 Å². The van der Waals surface area contributed by atoms with Crippen molar-refractivity contribution in [2.45, 2.75) is 6.04 Å². The highest BCUT2D eigenvalue weighted by Crippen LogP contribution is 2.19. The molecule has 1 aromatic heterocycles. The lowest BCUT2D eigenvalue weighted by Crippen LogP contribution is -2.42. The number of aromatic nitrogens is 1. The Bertz CT molecular complexity index is 460.